The molecule has 0 amide bonds. The minimum Gasteiger partial charge on any atom is -0.496 e. The van der Waals surface area contributed by atoms with E-state index in [-0.39, 0.29) is 6.10 Å². The Balaban J connectivity index is 2.06. The summed E-state index contributed by atoms with van der Waals surface area (Å²) in [6, 6.07) is 8.35. The Morgan fingerprint density at radius 2 is 2.26 bits per heavy atom. The van der Waals surface area contributed by atoms with Crippen LogP contribution in [0, 0.1) is 0 Å². The molecule has 4 heteroatoms. The second-order valence-corrected chi connectivity index (χ2v) is 4.92. The lowest BCUT2D eigenvalue weighted by Crippen LogP contribution is -2.16. The van der Waals surface area contributed by atoms with Crippen LogP contribution in [0.25, 0.3) is 10.9 Å². The molecule has 1 aliphatic rings. The van der Waals surface area contributed by atoms with E-state index in [0.717, 1.165) is 37.3 Å². The van der Waals surface area contributed by atoms with Gasteiger partial charge in [-0.1, -0.05) is 6.07 Å². The quantitative estimate of drug-likeness (QED) is 0.899. The number of aromatic nitrogens is 1. The van der Waals surface area contributed by atoms with Gasteiger partial charge in [0.2, 0.25) is 0 Å². The third-order valence-corrected chi connectivity index (χ3v) is 3.81. The Morgan fingerprint density at radius 3 is 3.11 bits per heavy atom. The molecule has 2 aromatic rings. The molecule has 0 saturated carbocycles. The Hall–Kier alpha value is -1.52. The lowest BCUT2D eigenvalue weighted by molar-refractivity contribution is 0.0597. The molecule has 0 spiro atoms. The summed E-state index contributed by atoms with van der Waals surface area (Å²) < 4.78 is 13.6. The average Bonchev–Trinajstić information content (AvgIpc) is 2.65. The van der Waals surface area contributed by atoms with Crippen molar-refractivity contribution in [2.45, 2.75) is 12.5 Å². The van der Waals surface area contributed by atoms with Gasteiger partial charge in [0.05, 0.1) is 25.3 Å². The second-order valence-electron chi connectivity index (χ2n) is 4.92. The van der Waals surface area contributed by atoms with Crippen LogP contribution >= 0.6 is 0 Å². The van der Waals surface area contributed by atoms with Crippen LogP contribution in [-0.2, 0) is 11.8 Å². The van der Waals surface area contributed by atoms with Crippen LogP contribution in [0.1, 0.15) is 18.2 Å². The van der Waals surface area contributed by atoms with Crippen molar-refractivity contribution in [1.82, 2.24) is 9.88 Å². The van der Waals surface area contributed by atoms with E-state index in [1.165, 1.54) is 11.2 Å². The third-order valence-electron chi connectivity index (χ3n) is 3.81. The predicted octanol–water partition coefficient (Wildman–Crippen LogP) is 2.24. The molecule has 1 saturated heterocycles. The number of ether oxygens (including phenoxy) is 2. The zero-order valence-corrected chi connectivity index (χ0v) is 11.5. The number of nitrogens with zero attached hydrogens (tertiary/aromatic N) is 1. The average molecular weight is 260 g/mol. The Bertz CT molecular complexity index is 569. The first kappa shape index (κ1) is 12.5. The van der Waals surface area contributed by atoms with E-state index in [0.29, 0.717) is 0 Å². The minimum absolute atomic E-state index is 0.164. The molecule has 0 bridgehead atoms. The van der Waals surface area contributed by atoms with Gasteiger partial charge in [-0.3, -0.25) is 0 Å². The van der Waals surface area contributed by atoms with Crippen molar-refractivity contribution in [3.63, 3.8) is 0 Å². The number of rotatable bonds is 2. The van der Waals surface area contributed by atoms with Crippen molar-refractivity contribution in [2.75, 3.05) is 26.8 Å². The molecule has 0 radical (unpaired) electrons. The van der Waals surface area contributed by atoms with Crippen LogP contribution in [-0.4, -0.2) is 31.4 Å². The minimum atomic E-state index is 0.164. The third kappa shape index (κ3) is 2.22. The molecule has 0 aliphatic carbocycles. The van der Waals surface area contributed by atoms with Crippen molar-refractivity contribution in [3.05, 3.63) is 30.0 Å². The molecule has 1 aliphatic heterocycles. The molecular formula is C15H20N2O2. The van der Waals surface area contributed by atoms with Gasteiger partial charge in [-0.15, -0.1) is 0 Å². The number of nitrogens with one attached hydrogen (secondary N) is 1. The van der Waals surface area contributed by atoms with Gasteiger partial charge in [0.1, 0.15) is 5.75 Å². The molecule has 1 fully saturated rings. The maximum atomic E-state index is 5.95. The highest BCUT2D eigenvalue weighted by molar-refractivity contribution is 5.87. The monoisotopic (exact) mass is 260 g/mol. The zero-order valence-electron chi connectivity index (χ0n) is 11.5. The Morgan fingerprint density at radius 1 is 1.37 bits per heavy atom. The molecule has 1 unspecified atom stereocenters. The van der Waals surface area contributed by atoms with E-state index in [1.54, 1.807) is 7.11 Å². The van der Waals surface area contributed by atoms with Crippen LogP contribution in [0.4, 0.5) is 0 Å². The summed E-state index contributed by atoms with van der Waals surface area (Å²) in [7, 11) is 3.81. The molecular weight excluding hydrogens is 240 g/mol. The summed E-state index contributed by atoms with van der Waals surface area (Å²) in [5, 5.41) is 4.52. The predicted molar refractivity (Wildman–Crippen MR) is 75.7 cm³/mol. The number of fused-ring (bicyclic) bond motifs is 1. The van der Waals surface area contributed by atoms with E-state index in [4.69, 9.17) is 9.47 Å². The maximum Gasteiger partial charge on any atom is 0.128 e. The molecule has 19 heavy (non-hydrogen) atoms. The van der Waals surface area contributed by atoms with Crippen LogP contribution in [0.5, 0.6) is 5.75 Å². The Kier molecular flexibility index (Phi) is 3.44. The summed E-state index contributed by atoms with van der Waals surface area (Å²) in [6.07, 6.45) is 1.17. The van der Waals surface area contributed by atoms with Gasteiger partial charge in [-0.25, -0.2) is 0 Å². The van der Waals surface area contributed by atoms with Gasteiger partial charge in [0.15, 0.2) is 0 Å². The number of methoxy groups -OCH3 is 1. The highest BCUT2D eigenvalue weighted by Gasteiger charge is 2.20. The van der Waals surface area contributed by atoms with Gasteiger partial charge in [-0.05, 0) is 31.2 Å². The number of hydrogen-bond acceptors (Lipinski definition) is 3. The molecule has 1 atom stereocenters. The van der Waals surface area contributed by atoms with Gasteiger partial charge in [-0.2, -0.15) is 0 Å². The lowest BCUT2D eigenvalue weighted by Gasteiger charge is -2.15. The van der Waals surface area contributed by atoms with Crippen molar-refractivity contribution < 1.29 is 9.47 Å². The highest BCUT2D eigenvalue weighted by atomic mass is 16.5. The van der Waals surface area contributed by atoms with Crippen molar-refractivity contribution in [1.29, 1.82) is 0 Å². The molecule has 4 nitrogen and oxygen atoms in total. The molecule has 1 aromatic heterocycles. The summed E-state index contributed by atoms with van der Waals surface area (Å²) in [5.74, 6) is 0.922. The molecule has 3 rings (SSSR count). The normalized spacial score (nSPS) is 20.4. The fourth-order valence-corrected chi connectivity index (χ4v) is 2.79. The maximum absolute atomic E-state index is 5.95. The topological polar surface area (TPSA) is 35.4 Å². The van der Waals surface area contributed by atoms with Crippen LogP contribution in [0.15, 0.2) is 24.3 Å². The number of aryl methyl sites for hydroxylation is 1. The summed E-state index contributed by atoms with van der Waals surface area (Å²) in [6.45, 7) is 2.70. The van der Waals surface area contributed by atoms with Gasteiger partial charge in [0.25, 0.3) is 0 Å². The van der Waals surface area contributed by atoms with E-state index >= 15 is 0 Å². The van der Waals surface area contributed by atoms with E-state index in [2.05, 4.69) is 29.1 Å². The second kappa shape index (κ2) is 5.23. The van der Waals surface area contributed by atoms with Crippen molar-refractivity contribution in [3.8, 4) is 5.75 Å². The van der Waals surface area contributed by atoms with E-state index in [9.17, 15) is 0 Å². The van der Waals surface area contributed by atoms with Crippen molar-refractivity contribution in [2.24, 2.45) is 7.05 Å². The number of benzene rings is 1. The molecule has 1 N–H and O–H groups in total. The largest absolute Gasteiger partial charge is 0.496 e. The first-order chi connectivity index (χ1) is 9.31. The van der Waals surface area contributed by atoms with Crippen LogP contribution in [0.2, 0.25) is 0 Å². The molecule has 1 aromatic carbocycles. The number of hydrogen-bond donors (Lipinski definition) is 1. The summed E-state index contributed by atoms with van der Waals surface area (Å²) in [4.78, 5) is 0. The van der Waals surface area contributed by atoms with E-state index in [1.807, 2.05) is 12.1 Å². The fraction of sp³-hybridized carbons (Fsp3) is 0.467. The van der Waals surface area contributed by atoms with Gasteiger partial charge >= 0.3 is 0 Å². The first-order valence-electron chi connectivity index (χ1n) is 6.76. The van der Waals surface area contributed by atoms with Crippen LogP contribution in [0.3, 0.4) is 0 Å². The standard InChI is InChI=1S/C15H20N2O2/c1-17-12-4-3-5-14(18-2)11(12)10-13(17)15-6-7-16-8-9-19-15/h3-5,10,15-16H,6-9H2,1-2H3. The van der Waals surface area contributed by atoms with Gasteiger partial charge < -0.3 is 19.4 Å². The summed E-state index contributed by atoms with van der Waals surface area (Å²) >= 11 is 0. The zero-order chi connectivity index (χ0) is 13.2. The molecule has 102 valence electrons. The van der Waals surface area contributed by atoms with Crippen LogP contribution < -0.4 is 10.1 Å². The smallest absolute Gasteiger partial charge is 0.128 e. The first-order valence-corrected chi connectivity index (χ1v) is 6.76. The fourth-order valence-electron chi connectivity index (χ4n) is 2.79. The van der Waals surface area contributed by atoms with Crippen molar-refractivity contribution >= 4 is 10.9 Å². The Labute approximate surface area is 113 Å². The van der Waals surface area contributed by atoms with Gasteiger partial charge in [0, 0.05) is 24.7 Å². The summed E-state index contributed by atoms with van der Waals surface area (Å²) in [5.41, 5.74) is 2.42. The lowest BCUT2D eigenvalue weighted by atomic mass is 10.1. The van der Waals surface area contributed by atoms with E-state index < -0.39 is 0 Å². The SMILES string of the molecule is COc1cccc2c1cc(C1CCNCCO1)n2C. The highest BCUT2D eigenvalue weighted by Crippen LogP contribution is 2.32. The molecule has 2 heterocycles.